The second-order valence-electron chi connectivity index (χ2n) is 1.32. The standard InChI is InChI=1S/C2HF3O2.C2H7NS/c3-2(4,5)1(6)7;3-1-2-4/h(H,6,7);4H,1-3H2. The topological polar surface area (TPSA) is 63.3 Å². The Labute approximate surface area is 66.8 Å². The zero-order valence-electron chi connectivity index (χ0n) is 5.43. The molecule has 0 heterocycles. The van der Waals surface area contributed by atoms with Gasteiger partial charge in [0.25, 0.3) is 0 Å². The fraction of sp³-hybridized carbons (Fsp3) is 0.750. The van der Waals surface area contributed by atoms with Crippen molar-refractivity contribution in [2.75, 3.05) is 12.3 Å². The number of halogens is 3. The Hall–Kier alpha value is -0.430. The van der Waals surface area contributed by atoms with Crippen molar-refractivity contribution in [3.05, 3.63) is 0 Å². The summed E-state index contributed by atoms with van der Waals surface area (Å²) in [5.74, 6) is -1.97. The Kier molecular flexibility index (Phi) is 7.54. The van der Waals surface area contributed by atoms with E-state index in [1.807, 2.05) is 0 Å². The zero-order valence-corrected chi connectivity index (χ0v) is 6.32. The summed E-state index contributed by atoms with van der Waals surface area (Å²) in [5.41, 5.74) is 4.95. The van der Waals surface area contributed by atoms with Crippen molar-refractivity contribution in [2.24, 2.45) is 5.73 Å². The Morgan fingerprint density at radius 1 is 1.55 bits per heavy atom. The van der Waals surface area contributed by atoms with Gasteiger partial charge < -0.3 is 10.8 Å². The minimum absolute atomic E-state index is 0.684. The van der Waals surface area contributed by atoms with Crippen molar-refractivity contribution in [1.29, 1.82) is 0 Å². The Bertz CT molecular complexity index is 114. The lowest BCUT2D eigenvalue weighted by Gasteiger charge is -1.93. The number of aliphatic carboxylic acids is 1. The van der Waals surface area contributed by atoms with Crippen LogP contribution >= 0.6 is 12.6 Å². The second kappa shape index (κ2) is 6.29. The number of carboxylic acids is 1. The van der Waals surface area contributed by atoms with E-state index >= 15 is 0 Å². The first-order valence-corrected chi connectivity index (χ1v) is 3.10. The molecule has 0 fully saturated rings. The maximum atomic E-state index is 10.6. The van der Waals surface area contributed by atoms with Gasteiger partial charge in [-0.2, -0.15) is 25.8 Å². The van der Waals surface area contributed by atoms with Gasteiger partial charge in [-0.1, -0.05) is 0 Å². The molecular formula is C4H8F3NO2S. The van der Waals surface area contributed by atoms with Crippen LogP contribution in [0.2, 0.25) is 0 Å². The first-order chi connectivity index (χ1) is 4.86. The molecule has 0 aliphatic rings. The van der Waals surface area contributed by atoms with Gasteiger partial charge >= 0.3 is 12.1 Å². The monoisotopic (exact) mass is 191 g/mol. The molecule has 0 saturated heterocycles. The van der Waals surface area contributed by atoms with E-state index in [1.165, 1.54) is 0 Å². The van der Waals surface area contributed by atoms with Crippen molar-refractivity contribution in [1.82, 2.24) is 0 Å². The van der Waals surface area contributed by atoms with E-state index in [2.05, 4.69) is 12.6 Å². The van der Waals surface area contributed by atoms with Gasteiger partial charge in [-0.3, -0.25) is 0 Å². The predicted octanol–water partition coefficient (Wildman–Crippen LogP) is 0.508. The number of alkyl halides is 3. The molecule has 0 rings (SSSR count). The molecule has 3 nitrogen and oxygen atoms in total. The number of nitrogens with two attached hydrogens (primary N) is 1. The van der Waals surface area contributed by atoms with Crippen LogP contribution in [-0.4, -0.2) is 29.5 Å². The van der Waals surface area contributed by atoms with E-state index in [4.69, 9.17) is 15.6 Å². The molecule has 0 aromatic heterocycles. The highest BCUT2D eigenvalue weighted by Gasteiger charge is 2.38. The fourth-order valence-electron chi connectivity index (χ4n) is 0. The molecule has 0 unspecified atom stereocenters. The van der Waals surface area contributed by atoms with Crippen molar-refractivity contribution >= 4 is 18.6 Å². The predicted molar refractivity (Wildman–Crippen MR) is 36.6 cm³/mol. The average molecular weight is 191 g/mol. The van der Waals surface area contributed by atoms with Gasteiger partial charge in [0, 0.05) is 12.3 Å². The molecule has 0 aliphatic heterocycles. The molecule has 0 radical (unpaired) electrons. The summed E-state index contributed by atoms with van der Waals surface area (Å²) in [6, 6.07) is 0. The lowest BCUT2D eigenvalue weighted by Crippen LogP contribution is -2.21. The van der Waals surface area contributed by atoms with Crippen molar-refractivity contribution in [3.63, 3.8) is 0 Å². The van der Waals surface area contributed by atoms with Crippen LogP contribution in [0.1, 0.15) is 0 Å². The smallest absolute Gasteiger partial charge is 0.475 e. The molecule has 0 aromatic carbocycles. The normalized spacial score (nSPS) is 9.91. The molecule has 11 heavy (non-hydrogen) atoms. The summed E-state index contributed by atoms with van der Waals surface area (Å²) >= 11 is 3.80. The Balaban J connectivity index is 0. The van der Waals surface area contributed by atoms with Crippen LogP contribution < -0.4 is 5.73 Å². The van der Waals surface area contributed by atoms with Crippen LogP contribution in [0.4, 0.5) is 13.2 Å². The zero-order chi connectivity index (χ0) is 9.49. The van der Waals surface area contributed by atoms with Gasteiger partial charge in [0.15, 0.2) is 0 Å². The van der Waals surface area contributed by atoms with E-state index in [1.54, 1.807) is 0 Å². The van der Waals surface area contributed by atoms with Crippen LogP contribution in [0.3, 0.4) is 0 Å². The van der Waals surface area contributed by atoms with Gasteiger partial charge in [-0.15, -0.1) is 0 Å². The quantitative estimate of drug-likeness (QED) is 0.529. The highest BCUT2D eigenvalue weighted by molar-refractivity contribution is 7.80. The van der Waals surface area contributed by atoms with E-state index in [-0.39, 0.29) is 0 Å². The molecule has 68 valence electrons. The molecule has 0 atom stereocenters. The van der Waals surface area contributed by atoms with Gasteiger partial charge in [0.05, 0.1) is 0 Å². The SMILES string of the molecule is NCCS.O=C(O)C(F)(F)F. The summed E-state index contributed by atoms with van der Waals surface area (Å²) < 4.78 is 31.7. The van der Waals surface area contributed by atoms with Crippen LogP contribution in [0.15, 0.2) is 0 Å². The highest BCUT2D eigenvalue weighted by atomic mass is 32.1. The Morgan fingerprint density at radius 3 is 1.73 bits per heavy atom. The molecule has 0 amide bonds. The molecule has 0 bridgehead atoms. The maximum Gasteiger partial charge on any atom is 0.490 e. The average Bonchev–Trinajstić information content (AvgIpc) is 1.87. The minimum Gasteiger partial charge on any atom is -0.475 e. The maximum absolute atomic E-state index is 10.6. The number of hydrogen-bond acceptors (Lipinski definition) is 3. The molecule has 0 saturated carbocycles. The largest absolute Gasteiger partial charge is 0.490 e. The summed E-state index contributed by atoms with van der Waals surface area (Å²) in [7, 11) is 0. The fourth-order valence-corrected chi connectivity index (χ4v) is 0. The van der Waals surface area contributed by atoms with Crippen LogP contribution in [-0.2, 0) is 4.79 Å². The van der Waals surface area contributed by atoms with E-state index < -0.39 is 12.1 Å². The third-order valence-corrected chi connectivity index (χ3v) is 0.630. The first kappa shape index (κ1) is 13.2. The lowest BCUT2D eigenvalue weighted by molar-refractivity contribution is -0.192. The summed E-state index contributed by atoms with van der Waals surface area (Å²) in [6.45, 7) is 0.684. The number of hydrogen-bond donors (Lipinski definition) is 3. The van der Waals surface area contributed by atoms with Gasteiger partial charge in [0.2, 0.25) is 0 Å². The number of carboxylic acid groups (broad SMARTS) is 1. The van der Waals surface area contributed by atoms with E-state index in [0.717, 1.165) is 5.75 Å². The molecule has 7 heteroatoms. The summed E-state index contributed by atoms with van der Waals surface area (Å²) in [4.78, 5) is 8.90. The Morgan fingerprint density at radius 2 is 1.73 bits per heavy atom. The summed E-state index contributed by atoms with van der Waals surface area (Å²) in [5, 5.41) is 7.12. The number of thiol groups is 1. The molecule has 0 aromatic rings. The van der Waals surface area contributed by atoms with Gasteiger partial charge in [0.1, 0.15) is 0 Å². The van der Waals surface area contributed by atoms with Gasteiger partial charge in [-0.25, -0.2) is 4.79 Å². The van der Waals surface area contributed by atoms with Crippen molar-refractivity contribution < 1.29 is 23.1 Å². The summed E-state index contributed by atoms with van der Waals surface area (Å²) in [6.07, 6.45) is -5.08. The molecule has 0 aliphatic carbocycles. The molecule has 0 spiro atoms. The van der Waals surface area contributed by atoms with Crippen LogP contribution in [0, 0.1) is 0 Å². The minimum atomic E-state index is -5.08. The number of rotatable bonds is 1. The second-order valence-corrected chi connectivity index (χ2v) is 1.76. The molecule has 3 N–H and O–H groups in total. The number of carbonyl (C=O) groups is 1. The third-order valence-electron chi connectivity index (χ3n) is 0.372. The van der Waals surface area contributed by atoms with Crippen molar-refractivity contribution in [3.8, 4) is 0 Å². The first-order valence-electron chi connectivity index (χ1n) is 2.47. The highest BCUT2D eigenvalue weighted by Crippen LogP contribution is 2.13. The third kappa shape index (κ3) is 12.7. The van der Waals surface area contributed by atoms with Crippen LogP contribution in [0.25, 0.3) is 0 Å². The van der Waals surface area contributed by atoms with Crippen LogP contribution in [0.5, 0.6) is 0 Å². The molecular weight excluding hydrogens is 183 g/mol. The van der Waals surface area contributed by atoms with E-state index in [0.29, 0.717) is 6.54 Å². The van der Waals surface area contributed by atoms with Crippen molar-refractivity contribution in [2.45, 2.75) is 6.18 Å². The van der Waals surface area contributed by atoms with Gasteiger partial charge in [-0.05, 0) is 0 Å². The lowest BCUT2D eigenvalue weighted by atomic mass is 10.7. The van der Waals surface area contributed by atoms with E-state index in [9.17, 15) is 13.2 Å².